The van der Waals surface area contributed by atoms with Gasteiger partial charge in [-0.3, -0.25) is 14.2 Å². The SMILES string of the molecule is COc1ccc(Cn2c(SCC(=O)N3CCCc4ccccc43)nc3cc(OC)c(OC)cc3c2=O)cc1. The van der Waals surface area contributed by atoms with Crippen molar-refractivity contribution in [3.8, 4) is 17.2 Å². The number of carbonyl (C=O) groups excluding carboxylic acids is 1. The molecular weight excluding hydrogens is 502 g/mol. The van der Waals surface area contributed by atoms with Gasteiger partial charge in [0.05, 0.1) is 44.5 Å². The maximum Gasteiger partial charge on any atom is 0.262 e. The van der Waals surface area contributed by atoms with Crippen LogP contribution < -0.4 is 24.7 Å². The van der Waals surface area contributed by atoms with Crippen molar-refractivity contribution in [2.75, 3.05) is 38.5 Å². The second-order valence-electron chi connectivity index (χ2n) is 8.92. The van der Waals surface area contributed by atoms with Crippen molar-refractivity contribution in [2.45, 2.75) is 24.5 Å². The first-order valence-electron chi connectivity index (χ1n) is 12.3. The first-order chi connectivity index (χ1) is 18.5. The van der Waals surface area contributed by atoms with Gasteiger partial charge in [0, 0.05) is 18.3 Å². The summed E-state index contributed by atoms with van der Waals surface area (Å²) in [6, 6.07) is 18.9. The first kappa shape index (κ1) is 25.7. The second-order valence-corrected chi connectivity index (χ2v) is 9.87. The summed E-state index contributed by atoms with van der Waals surface area (Å²) < 4.78 is 17.7. The summed E-state index contributed by atoms with van der Waals surface area (Å²) in [5, 5.41) is 0.876. The van der Waals surface area contributed by atoms with Crippen LogP contribution in [0.15, 0.2) is 70.6 Å². The fraction of sp³-hybridized carbons (Fsp3) is 0.276. The Labute approximate surface area is 225 Å². The molecule has 0 saturated carbocycles. The Balaban J connectivity index is 1.51. The fourth-order valence-corrected chi connectivity index (χ4v) is 5.56. The normalized spacial score (nSPS) is 12.8. The molecule has 9 heteroatoms. The molecule has 196 valence electrons. The van der Waals surface area contributed by atoms with Gasteiger partial charge >= 0.3 is 0 Å². The molecule has 38 heavy (non-hydrogen) atoms. The van der Waals surface area contributed by atoms with Gasteiger partial charge in [-0.2, -0.15) is 0 Å². The summed E-state index contributed by atoms with van der Waals surface area (Å²) in [6.45, 7) is 0.973. The standard InChI is InChI=1S/C29H29N3O5S/c1-35-21-12-10-19(11-13-21)17-32-28(34)22-15-25(36-2)26(37-3)16-23(22)30-29(32)38-18-27(33)31-14-6-8-20-7-4-5-9-24(20)31/h4-5,7,9-13,15-16H,6,8,14,17-18H2,1-3H3. The molecule has 0 saturated heterocycles. The number of fused-ring (bicyclic) bond motifs is 2. The van der Waals surface area contributed by atoms with E-state index in [1.165, 1.54) is 24.4 Å². The highest BCUT2D eigenvalue weighted by Gasteiger charge is 2.23. The van der Waals surface area contributed by atoms with E-state index in [-0.39, 0.29) is 17.2 Å². The summed E-state index contributed by atoms with van der Waals surface area (Å²) >= 11 is 1.27. The number of ether oxygens (including phenoxy) is 3. The van der Waals surface area contributed by atoms with Crippen LogP contribution in [0.2, 0.25) is 0 Å². The summed E-state index contributed by atoms with van der Waals surface area (Å²) in [4.78, 5) is 33.7. The summed E-state index contributed by atoms with van der Waals surface area (Å²) in [5.74, 6) is 1.81. The number of methoxy groups -OCH3 is 3. The highest BCUT2D eigenvalue weighted by molar-refractivity contribution is 7.99. The molecule has 1 aromatic heterocycles. The Hall–Kier alpha value is -3.98. The van der Waals surface area contributed by atoms with E-state index in [4.69, 9.17) is 19.2 Å². The number of anilines is 1. The lowest BCUT2D eigenvalue weighted by Crippen LogP contribution is -2.36. The molecule has 0 radical (unpaired) electrons. The molecule has 2 heterocycles. The van der Waals surface area contributed by atoms with Gasteiger partial charge in [-0.05, 0) is 48.2 Å². The van der Waals surface area contributed by atoms with E-state index in [0.717, 1.165) is 29.8 Å². The maximum atomic E-state index is 13.7. The predicted octanol–water partition coefficient (Wildman–Crippen LogP) is 4.54. The van der Waals surface area contributed by atoms with Crippen molar-refractivity contribution in [2.24, 2.45) is 0 Å². The fourth-order valence-electron chi connectivity index (χ4n) is 4.69. The molecule has 4 aromatic rings. The van der Waals surface area contributed by atoms with Crippen molar-refractivity contribution < 1.29 is 19.0 Å². The van der Waals surface area contributed by atoms with E-state index in [0.29, 0.717) is 40.6 Å². The Kier molecular flexibility index (Phi) is 7.55. The smallest absolute Gasteiger partial charge is 0.262 e. The average molecular weight is 532 g/mol. The third-order valence-electron chi connectivity index (χ3n) is 6.66. The van der Waals surface area contributed by atoms with Gasteiger partial charge in [-0.1, -0.05) is 42.1 Å². The number of hydrogen-bond acceptors (Lipinski definition) is 7. The van der Waals surface area contributed by atoms with Crippen molar-refractivity contribution in [1.82, 2.24) is 9.55 Å². The number of para-hydroxylation sites is 1. The van der Waals surface area contributed by atoms with Gasteiger partial charge in [0.15, 0.2) is 16.7 Å². The number of nitrogens with zero attached hydrogens (tertiary/aromatic N) is 3. The summed E-state index contributed by atoms with van der Waals surface area (Å²) in [7, 11) is 4.68. The van der Waals surface area contributed by atoms with Crippen LogP contribution in [-0.2, 0) is 17.8 Å². The molecule has 3 aromatic carbocycles. The zero-order valence-corrected chi connectivity index (χ0v) is 22.4. The van der Waals surface area contributed by atoms with Crippen LogP contribution in [0.1, 0.15) is 17.5 Å². The van der Waals surface area contributed by atoms with Crippen molar-refractivity contribution >= 4 is 34.3 Å². The number of carbonyl (C=O) groups is 1. The topological polar surface area (TPSA) is 82.9 Å². The predicted molar refractivity (Wildman–Crippen MR) is 149 cm³/mol. The van der Waals surface area contributed by atoms with Crippen LogP contribution in [0.5, 0.6) is 17.2 Å². The summed E-state index contributed by atoms with van der Waals surface area (Å²) in [5.41, 5.74) is 3.32. The molecule has 0 aliphatic carbocycles. The number of amides is 1. The average Bonchev–Trinajstić information content (AvgIpc) is 2.96. The van der Waals surface area contributed by atoms with Gasteiger partial charge < -0.3 is 19.1 Å². The Bertz CT molecular complexity index is 1530. The lowest BCUT2D eigenvalue weighted by Gasteiger charge is -2.29. The van der Waals surface area contributed by atoms with Crippen molar-refractivity contribution in [1.29, 1.82) is 0 Å². The van der Waals surface area contributed by atoms with Gasteiger partial charge in [0.25, 0.3) is 5.56 Å². The van der Waals surface area contributed by atoms with E-state index >= 15 is 0 Å². The third-order valence-corrected chi connectivity index (χ3v) is 7.62. The second kappa shape index (κ2) is 11.2. The minimum atomic E-state index is -0.218. The van der Waals surface area contributed by atoms with E-state index in [1.54, 1.807) is 30.9 Å². The number of thioether (sulfide) groups is 1. The lowest BCUT2D eigenvalue weighted by molar-refractivity contribution is -0.116. The maximum absolute atomic E-state index is 13.7. The molecule has 1 aliphatic rings. The zero-order chi connectivity index (χ0) is 26.6. The molecule has 0 unspecified atom stereocenters. The van der Waals surface area contributed by atoms with Crippen molar-refractivity contribution in [3.05, 3.63) is 82.1 Å². The molecule has 0 atom stereocenters. The van der Waals surface area contributed by atoms with E-state index in [2.05, 4.69) is 6.07 Å². The molecular formula is C29H29N3O5S. The number of hydrogen-bond donors (Lipinski definition) is 0. The minimum Gasteiger partial charge on any atom is -0.497 e. The Morgan fingerprint density at radius 3 is 2.45 bits per heavy atom. The monoisotopic (exact) mass is 531 g/mol. The van der Waals surface area contributed by atoms with E-state index in [9.17, 15) is 9.59 Å². The van der Waals surface area contributed by atoms with Crippen LogP contribution >= 0.6 is 11.8 Å². The Morgan fingerprint density at radius 2 is 1.71 bits per heavy atom. The van der Waals surface area contributed by atoms with Gasteiger partial charge in [0.2, 0.25) is 5.91 Å². The van der Waals surface area contributed by atoms with Crippen LogP contribution in [0.3, 0.4) is 0 Å². The molecule has 0 N–H and O–H groups in total. The number of benzene rings is 3. The first-order valence-corrected chi connectivity index (χ1v) is 13.3. The van der Waals surface area contributed by atoms with Crippen LogP contribution in [0.4, 0.5) is 5.69 Å². The zero-order valence-electron chi connectivity index (χ0n) is 21.6. The lowest BCUT2D eigenvalue weighted by atomic mass is 10.0. The molecule has 1 amide bonds. The number of aromatic nitrogens is 2. The highest BCUT2D eigenvalue weighted by Crippen LogP contribution is 2.32. The number of aryl methyl sites for hydroxylation is 1. The van der Waals surface area contributed by atoms with Gasteiger partial charge in [-0.15, -0.1) is 0 Å². The molecule has 0 fully saturated rings. The van der Waals surface area contributed by atoms with E-state index < -0.39 is 0 Å². The quantitative estimate of drug-likeness (QED) is 0.244. The highest BCUT2D eigenvalue weighted by atomic mass is 32.2. The van der Waals surface area contributed by atoms with Crippen LogP contribution in [0.25, 0.3) is 10.9 Å². The van der Waals surface area contributed by atoms with Crippen molar-refractivity contribution in [3.63, 3.8) is 0 Å². The largest absolute Gasteiger partial charge is 0.497 e. The molecule has 0 bridgehead atoms. The molecule has 0 spiro atoms. The Morgan fingerprint density at radius 1 is 0.974 bits per heavy atom. The molecule has 8 nitrogen and oxygen atoms in total. The third kappa shape index (κ3) is 5.06. The molecule has 1 aliphatic heterocycles. The molecule has 5 rings (SSSR count). The van der Waals surface area contributed by atoms with E-state index in [1.807, 2.05) is 47.4 Å². The van der Waals surface area contributed by atoms with Crippen LogP contribution in [0, 0.1) is 0 Å². The van der Waals surface area contributed by atoms with Gasteiger partial charge in [-0.25, -0.2) is 4.98 Å². The van der Waals surface area contributed by atoms with Gasteiger partial charge in [0.1, 0.15) is 5.75 Å². The van der Waals surface area contributed by atoms with Crippen LogP contribution in [-0.4, -0.2) is 49.1 Å². The minimum absolute atomic E-state index is 0.0141. The number of rotatable bonds is 8. The summed E-state index contributed by atoms with van der Waals surface area (Å²) in [6.07, 6.45) is 1.89.